The van der Waals surface area contributed by atoms with Crippen molar-refractivity contribution in [3.63, 3.8) is 0 Å². The molecule has 0 saturated heterocycles. The maximum atomic E-state index is 11.8. The molecule has 96 valence electrons. The average Bonchev–Trinajstić information content (AvgIpc) is 2.68. The number of hydrogen-bond donors (Lipinski definition) is 1. The molecule has 0 atom stereocenters. The van der Waals surface area contributed by atoms with Gasteiger partial charge in [0.1, 0.15) is 0 Å². The number of aromatic nitrogens is 1. The molecule has 0 unspecified atom stereocenters. The molecule has 0 aromatic carbocycles. The minimum atomic E-state index is 0.0633. The molecule has 0 radical (unpaired) electrons. The third-order valence-corrected chi connectivity index (χ3v) is 2.94. The largest absolute Gasteiger partial charge is 0.340 e. The highest BCUT2D eigenvalue weighted by Gasteiger charge is 2.12. The van der Waals surface area contributed by atoms with Crippen LogP contribution in [0.15, 0.2) is 10.9 Å². The molecule has 17 heavy (non-hydrogen) atoms. The van der Waals surface area contributed by atoms with Crippen LogP contribution in [0.25, 0.3) is 0 Å². The van der Waals surface area contributed by atoms with E-state index in [0.29, 0.717) is 19.5 Å². The third kappa shape index (κ3) is 5.79. The van der Waals surface area contributed by atoms with Crippen molar-refractivity contribution >= 4 is 17.2 Å². The normalized spacial score (nSPS) is 11.5. The Labute approximate surface area is 107 Å². The first kappa shape index (κ1) is 14.1. The Morgan fingerprint density at radius 3 is 2.76 bits per heavy atom. The van der Waals surface area contributed by atoms with Crippen LogP contribution >= 0.6 is 11.3 Å². The van der Waals surface area contributed by atoms with Gasteiger partial charge in [-0.15, -0.1) is 11.3 Å². The highest BCUT2D eigenvalue weighted by atomic mass is 32.1. The van der Waals surface area contributed by atoms with Gasteiger partial charge in [-0.1, -0.05) is 0 Å². The second-order valence-corrected chi connectivity index (χ2v) is 5.88. The van der Waals surface area contributed by atoms with Crippen LogP contribution in [-0.2, 0) is 11.3 Å². The van der Waals surface area contributed by atoms with Gasteiger partial charge in [0.05, 0.1) is 17.7 Å². The van der Waals surface area contributed by atoms with Crippen molar-refractivity contribution < 1.29 is 4.79 Å². The van der Waals surface area contributed by atoms with Crippen LogP contribution in [0, 0.1) is 0 Å². The molecule has 0 bridgehead atoms. The molecular weight excluding hydrogens is 234 g/mol. The molecule has 1 N–H and O–H groups in total. The van der Waals surface area contributed by atoms with Gasteiger partial charge >= 0.3 is 0 Å². The molecule has 0 saturated carbocycles. The Morgan fingerprint density at radius 1 is 1.53 bits per heavy atom. The summed E-state index contributed by atoms with van der Waals surface area (Å²) in [6, 6.07) is 0. The molecule has 1 heterocycles. The van der Waals surface area contributed by atoms with E-state index in [1.54, 1.807) is 21.7 Å². The van der Waals surface area contributed by atoms with E-state index in [2.05, 4.69) is 31.1 Å². The summed E-state index contributed by atoms with van der Waals surface area (Å²) in [4.78, 5) is 17.7. The average molecular weight is 255 g/mol. The number of rotatable bonds is 5. The van der Waals surface area contributed by atoms with Gasteiger partial charge in [-0.05, 0) is 20.8 Å². The third-order valence-electron chi connectivity index (χ3n) is 2.30. The van der Waals surface area contributed by atoms with E-state index in [-0.39, 0.29) is 11.4 Å². The van der Waals surface area contributed by atoms with Crippen LogP contribution < -0.4 is 5.32 Å². The minimum Gasteiger partial charge on any atom is -0.340 e. The first-order chi connectivity index (χ1) is 7.88. The summed E-state index contributed by atoms with van der Waals surface area (Å²) >= 11 is 1.55. The Morgan fingerprint density at radius 2 is 2.24 bits per heavy atom. The van der Waals surface area contributed by atoms with Gasteiger partial charge in [-0.25, -0.2) is 4.98 Å². The van der Waals surface area contributed by atoms with Crippen LogP contribution in [-0.4, -0.2) is 34.9 Å². The fourth-order valence-electron chi connectivity index (χ4n) is 1.38. The van der Waals surface area contributed by atoms with Crippen LogP contribution in [0.2, 0.25) is 0 Å². The summed E-state index contributed by atoms with van der Waals surface area (Å²) in [5, 5.41) is 5.27. The van der Waals surface area contributed by atoms with Crippen molar-refractivity contribution in [3.05, 3.63) is 16.6 Å². The van der Waals surface area contributed by atoms with Gasteiger partial charge in [0.15, 0.2) is 0 Å². The summed E-state index contributed by atoms with van der Waals surface area (Å²) in [5.41, 5.74) is 2.80. The second kappa shape index (κ2) is 6.12. The van der Waals surface area contributed by atoms with E-state index >= 15 is 0 Å². The summed E-state index contributed by atoms with van der Waals surface area (Å²) < 4.78 is 0. The fraction of sp³-hybridized carbons (Fsp3) is 0.667. The maximum absolute atomic E-state index is 11.8. The van der Waals surface area contributed by atoms with E-state index in [1.807, 2.05) is 12.4 Å². The predicted molar refractivity (Wildman–Crippen MR) is 71.0 cm³/mol. The Balaban J connectivity index is 2.28. The molecule has 0 aliphatic carbocycles. The molecule has 0 spiro atoms. The number of carbonyl (C=O) groups is 1. The molecule has 1 amide bonds. The van der Waals surface area contributed by atoms with E-state index in [1.165, 1.54) is 0 Å². The zero-order valence-electron chi connectivity index (χ0n) is 11.0. The number of carbonyl (C=O) groups excluding carboxylic acids is 1. The van der Waals surface area contributed by atoms with Gasteiger partial charge in [0.2, 0.25) is 5.91 Å². The molecule has 0 aliphatic heterocycles. The van der Waals surface area contributed by atoms with Gasteiger partial charge in [0, 0.05) is 30.9 Å². The first-order valence-corrected chi connectivity index (χ1v) is 6.69. The van der Waals surface area contributed by atoms with E-state index in [4.69, 9.17) is 0 Å². The zero-order chi connectivity index (χ0) is 12.9. The van der Waals surface area contributed by atoms with Gasteiger partial charge in [-0.3, -0.25) is 4.79 Å². The molecule has 4 nitrogen and oxygen atoms in total. The molecule has 1 aromatic heterocycles. The van der Waals surface area contributed by atoms with Gasteiger partial charge in [0.25, 0.3) is 0 Å². The summed E-state index contributed by atoms with van der Waals surface area (Å²) in [6.45, 7) is 7.59. The molecular formula is C12H21N3OS. The monoisotopic (exact) mass is 255 g/mol. The zero-order valence-corrected chi connectivity index (χ0v) is 11.8. The summed E-state index contributed by atoms with van der Waals surface area (Å²) in [5.74, 6) is 0.148. The standard InChI is InChI=1S/C12H21N3OS/c1-12(2,3)14-6-5-11(16)15(4)7-10-8-17-9-13-10/h8-9,14H,5-7H2,1-4H3. The minimum absolute atomic E-state index is 0.0633. The summed E-state index contributed by atoms with van der Waals surface area (Å²) in [7, 11) is 1.82. The Bertz CT molecular complexity index is 343. The van der Waals surface area contributed by atoms with Crippen LogP contribution in [0.4, 0.5) is 0 Å². The van der Waals surface area contributed by atoms with Crippen molar-refractivity contribution in [1.82, 2.24) is 15.2 Å². The maximum Gasteiger partial charge on any atom is 0.223 e. The number of thiazole rings is 1. The number of amides is 1. The topological polar surface area (TPSA) is 45.2 Å². The van der Waals surface area contributed by atoms with E-state index in [9.17, 15) is 4.79 Å². The second-order valence-electron chi connectivity index (χ2n) is 5.16. The highest BCUT2D eigenvalue weighted by molar-refractivity contribution is 7.07. The first-order valence-electron chi connectivity index (χ1n) is 5.74. The van der Waals surface area contributed by atoms with E-state index < -0.39 is 0 Å². The Kier molecular flexibility index (Phi) is 5.08. The van der Waals surface area contributed by atoms with Gasteiger partial charge in [-0.2, -0.15) is 0 Å². The number of nitrogens with one attached hydrogen (secondary N) is 1. The Hall–Kier alpha value is -0.940. The SMILES string of the molecule is CN(Cc1cscn1)C(=O)CCNC(C)(C)C. The van der Waals surface area contributed by atoms with Crippen LogP contribution in [0.3, 0.4) is 0 Å². The smallest absolute Gasteiger partial charge is 0.223 e. The van der Waals surface area contributed by atoms with E-state index in [0.717, 1.165) is 5.69 Å². The lowest BCUT2D eigenvalue weighted by Crippen LogP contribution is -2.38. The number of hydrogen-bond acceptors (Lipinski definition) is 4. The molecule has 0 fully saturated rings. The fourth-order valence-corrected chi connectivity index (χ4v) is 1.93. The van der Waals surface area contributed by atoms with Crippen molar-refractivity contribution in [2.45, 2.75) is 39.3 Å². The molecule has 1 aromatic rings. The van der Waals surface area contributed by atoms with Crippen LogP contribution in [0.5, 0.6) is 0 Å². The summed E-state index contributed by atoms with van der Waals surface area (Å²) in [6.07, 6.45) is 0.526. The van der Waals surface area contributed by atoms with Crippen molar-refractivity contribution in [1.29, 1.82) is 0 Å². The molecule has 5 heteroatoms. The predicted octanol–water partition coefficient (Wildman–Crippen LogP) is 1.88. The quantitative estimate of drug-likeness (QED) is 0.874. The van der Waals surface area contributed by atoms with Gasteiger partial charge < -0.3 is 10.2 Å². The highest BCUT2D eigenvalue weighted by Crippen LogP contribution is 2.05. The van der Waals surface area contributed by atoms with Crippen molar-refractivity contribution in [3.8, 4) is 0 Å². The molecule has 1 rings (SSSR count). The van der Waals surface area contributed by atoms with Crippen molar-refractivity contribution in [2.24, 2.45) is 0 Å². The van der Waals surface area contributed by atoms with Crippen LogP contribution in [0.1, 0.15) is 32.9 Å². The lowest BCUT2D eigenvalue weighted by molar-refractivity contribution is -0.130. The lowest BCUT2D eigenvalue weighted by Gasteiger charge is -2.21. The number of nitrogens with zero attached hydrogens (tertiary/aromatic N) is 2. The lowest BCUT2D eigenvalue weighted by atomic mass is 10.1. The molecule has 0 aliphatic rings. The van der Waals surface area contributed by atoms with Crippen molar-refractivity contribution in [2.75, 3.05) is 13.6 Å².